The summed E-state index contributed by atoms with van der Waals surface area (Å²) < 4.78 is 2.23. The van der Waals surface area contributed by atoms with Crippen molar-refractivity contribution in [2.75, 3.05) is 0 Å². The zero-order valence-corrected chi connectivity index (χ0v) is 22.7. The van der Waals surface area contributed by atoms with Crippen LogP contribution in [-0.2, 0) is 16.1 Å². The second-order valence-electron chi connectivity index (χ2n) is 12.6. The van der Waals surface area contributed by atoms with E-state index in [0.717, 1.165) is 57.4 Å². The highest BCUT2D eigenvalue weighted by molar-refractivity contribution is 6.30. The molecule has 2 aromatic carbocycles. The molecule has 3 aromatic rings. The van der Waals surface area contributed by atoms with Gasteiger partial charge >= 0.3 is 0 Å². The van der Waals surface area contributed by atoms with E-state index in [0.29, 0.717) is 24.4 Å². The number of carbonyl (C=O) groups excluding carboxylic acids is 2. The van der Waals surface area contributed by atoms with Crippen LogP contribution in [0.2, 0.25) is 5.02 Å². The first-order valence-electron chi connectivity index (χ1n) is 13.1. The Labute approximate surface area is 223 Å². The number of hydrogen-bond donors (Lipinski definition) is 1. The van der Waals surface area contributed by atoms with Crippen LogP contribution in [0.4, 0.5) is 0 Å². The second-order valence-corrected chi connectivity index (χ2v) is 13.0. The number of aromatic nitrogens is 1. The Balaban J connectivity index is 1.56. The highest BCUT2D eigenvalue weighted by Gasteiger charge is 2.47. The molecule has 0 atom stereocenters. The van der Waals surface area contributed by atoms with Crippen LogP contribution in [0.3, 0.4) is 0 Å². The SMILES string of the molecule is CC1(C)CC(=O)C2=C(C1)NC1=C(C(=O)CC(C)(C)C1)C2c1cn(Cc2cccc(Cl)c2)c2ccccc12. The van der Waals surface area contributed by atoms with Gasteiger partial charge in [0.15, 0.2) is 11.6 Å². The molecule has 1 aromatic heterocycles. The van der Waals surface area contributed by atoms with Crippen LogP contribution >= 0.6 is 11.6 Å². The van der Waals surface area contributed by atoms with Gasteiger partial charge in [-0.05, 0) is 53.0 Å². The number of allylic oxidation sites excluding steroid dienone is 4. The summed E-state index contributed by atoms with van der Waals surface area (Å²) in [4.78, 5) is 27.5. The van der Waals surface area contributed by atoms with E-state index in [-0.39, 0.29) is 28.3 Å². The Kier molecular flexibility index (Phi) is 5.54. The first-order valence-corrected chi connectivity index (χ1v) is 13.5. The van der Waals surface area contributed by atoms with Gasteiger partial charge in [-0.25, -0.2) is 0 Å². The molecule has 0 saturated heterocycles. The van der Waals surface area contributed by atoms with Crippen molar-refractivity contribution in [3.05, 3.63) is 93.4 Å². The zero-order valence-electron chi connectivity index (χ0n) is 22.0. The summed E-state index contributed by atoms with van der Waals surface area (Å²) in [6.07, 6.45) is 4.76. The largest absolute Gasteiger partial charge is 0.362 e. The van der Waals surface area contributed by atoms with Crippen molar-refractivity contribution in [3.8, 4) is 0 Å². The van der Waals surface area contributed by atoms with Crippen LogP contribution in [0, 0.1) is 10.8 Å². The predicted octanol–water partition coefficient (Wildman–Crippen LogP) is 7.32. The molecule has 0 saturated carbocycles. The Morgan fingerprint density at radius 1 is 0.865 bits per heavy atom. The predicted molar refractivity (Wildman–Crippen MR) is 148 cm³/mol. The number of halogens is 1. The molecule has 0 radical (unpaired) electrons. The van der Waals surface area contributed by atoms with Gasteiger partial charge < -0.3 is 9.88 Å². The first kappa shape index (κ1) is 24.2. The van der Waals surface area contributed by atoms with Crippen molar-refractivity contribution >= 4 is 34.1 Å². The molecule has 5 heteroatoms. The second kappa shape index (κ2) is 8.46. The molecule has 37 heavy (non-hydrogen) atoms. The molecule has 2 aliphatic carbocycles. The van der Waals surface area contributed by atoms with E-state index in [4.69, 9.17) is 11.6 Å². The van der Waals surface area contributed by atoms with Crippen LogP contribution in [0.15, 0.2) is 77.3 Å². The summed E-state index contributed by atoms with van der Waals surface area (Å²) >= 11 is 6.28. The van der Waals surface area contributed by atoms with Crippen LogP contribution < -0.4 is 5.32 Å². The van der Waals surface area contributed by atoms with E-state index in [1.165, 1.54) is 0 Å². The molecule has 1 aliphatic heterocycles. The third-order valence-electron chi connectivity index (χ3n) is 8.09. The summed E-state index contributed by atoms with van der Waals surface area (Å²) in [6.45, 7) is 9.28. The molecule has 3 aliphatic rings. The standard InChI is InChI=1S/C32H33ClN2O2/c1-31(2)13-23-29(26(36)15-31)28(30-24(34-23)14-32(3,4)16-27(30)37)22-18-35(25-11-6-5-10-21(22)25)17-19-8-7-9-20(33)12-19/h5-12,18,28,34H,13-17H2,1-4H3. The van der Waals surface area contributed by atoms with Gasteiger partial charge in [0.25, 0.3) is 0 Å². The van der Waals surface area contributed by atoms with Crippen molar-refractivity contribution in [2.24, 2.45) is 10.8 Å². The number of nitrogens with one attached hydrogen (secondary N) is 1. The van der Waals surface area contributed by atoms with Gasteiger partial charge in [0.2, 0.25) is 0 Å². The third kappa shape index (κ3) is 4.25. The average molecular weight is 513 g/mol. The summed E-state index contributed by atoms with van der Waals surface area (Å²) in [5.41, 5.74) is 6.60. The van der Waals surface area contributed by atoms with Gasteiger partial charge in [-0.2, -0.15) is 0 Å². The molecular weight excluding hydrogens is 480 g/mol. The smallest absolute Gasteiger partial charge is 0.162 e. The van der Waals surface area contributed by atoms with Gasteiger partial charge in [-0.15, -0.1) is 0 Å². The number of nitrogens with zero attached hydrogens (tertiary/aromatic N) is 1. The number of rotatable bonds is 3. The monoisotopic (exact) mass is 512 g/mol. The van der Waals surface area contributed by atoms with Crippen LogP contribution in [0.1, 0.15) is 70.4 Å². The normalized spacial score (nSPS) is 21.2. The summed E-state index contributed by atoms with van der Waals surface area (Å²) in [7, 11) is 0. The molecule has 2 heterocycles. The number of fused-ring (bicyclic) bond motifs is 1. The van der Waals surface area contributed by atoms with E-state index in [9.17, 15) is 9.59 Å². The van der Waals surface area contributed by atoms with E-state index in [2.05, 4.69) is 62.0 Å². The van der Waals surface area contributed by atoms with E-state index >= 15 is 0 Å². The molecule has 1 N–H and O–H groups in total. The summed E-state index contributed by atoms with van der Waals surface area (Å²) in [5, 5.41) is 5.43. The maximum absolute atomic E-state index is 13.8. The minimum absolute atomic E-state index is 0.111. The van der Waals surface area contributed by atoms with E-state index in [1.54, 1.807) is 0 Å². The molecular formula is C32H33ClN2O2. The lowest BCUT2D eigenvalue weighted by atomic mass is 9.64. The van der Waals surface area contributed by atoms with E-state index < -0.39 is 0 Å². The number of para-hydroxylation sites is 1. The maximum atomic E-state index is 13.8. The number of hydrogen-bond acceptors (Lipinski definition) is 3. The number of ketones is 2. The minimum Gasteiger partial charge on any atom is -0.362 e. The van der Waals surface area contributed by atoms with Crippen LogP contribution in [-0.4, -0.2) is 16.1 Å². The molecule has 6 rings (SSSR count). The van der Waals surface area contributed by atoms with Gasteiger partial charge in [0, 0.05) is 70.0 Å². The number of Topliss-reactive ketones (excluding diaryl/α,β-unsaturated/α-hetero) is 2. The van der Waals surface area contributed by atoms with Crippen molar-refractivity contribution < 1.29 is 9.59 Å². The first-order chi connectivity index (χ1) is 17.5. The Hall–Kier alpha value is -3.11. The van der Waals surface area contributed by atoms with Gasteiger partial charge in [-0.1, -0.05) is 69.6 Å². The molecule has 0 spiro atoms. The van der Waals surface area contributed by atoms with Gasteiger partial charge in [0.05, 0.1) is 0 Å². The fourth-order valence-electron chi connectivity index (χ4n) is 6.67. The number of dihydropyridines is 1. The van der Waals surface area contributed by atoms with Crippen molar-refractivity contribution in [1.29, 1.82) is 0 Å². The van der Waals surface area contributed by atoms with Gasteiger partial charge in [0.1, 0.15) is 0 Å². The summed E-state index contributed by atoms with van der Waals surface area (Å²) in [6, 6.07) is 16.2. The van der Waals surface area contributed by atoms with Gasteiger partial charge in [-0.3, -0.25) is 9.59 Å². The lowest BCUT2D eigenvalue weighted by molar-refractivity contribution is -0.119. The lowest BCUT2D eigenvalue weighted by Gasteiger charge is -2.43. The fraction of sp³-hybridized carbons (Fsp3) is 0.375. The molecule has 190 valence electrons. The summed E-state index contributed by atoms with van der Waals surface area (Å²) in [5.74, 6) is -0.0387. The third-order valence-corrected chi connectivity index (χ3v) is 8.33. The average Bonchev–Trinajstić information content (AvgIpc) is 3.14. The van der Waals surface area contributed by atoms with Crippen LogP contribution in [0.25, 0.3) is 10.9 Å². The lowest BCUT2D eigenvalue weighted by Crippen LogP contribution is -2.42. The van der Waals surface area contributed by atoms with Crippen molar-refractivity contribution in [1.82, 2.24) is 9.88 Å². The Bertz CT molecular complexity index is 1480. The number of benzene rings is 2. The molecule has 0 unspecified atom stereocenters. The Morgan fingerprint density at radius 3 is 2.11 bits per heavy atom. The van der Waals surface area contributed by atoms with Crippen LogP contribution in [0.5, 0.6) is 0 Å². The Morgan fingerprint density at radius 2 is 1.49 bits per heavy atom. The van der Waals surface area contributed by atoms with Crippen molar-refractivity contribution in [2.45, 2.75) is 65.8 Å². The maximum Gasteiger partial charge on any atom is 0.162 e. The molecule has 4 nitrogen and oxygen atoms in total. The molecule has 0 amide bonds. The molecule has 0 bridgehead atoms. The number of carbonyl (C=O) groups is 2. The zero-order chi connectivity index (χ0) is 26.1. The highest BCUT2D eigenvalue weighted by atomic mass is 35.5. The molecule has 0 fully saturated rings. The van der Waals surface area contributed by atoms with Crippen molar-refractivity contribution in [3.63, 3.8) is 0 Å². The van der Waals surface area contributed by atoms with E-state index in [1.807, 2.05) is 30.3 Å². The highest BCUT2D eigenvalue weighted by Crippen LogP contribution is 2.52. The topological polar surface area (TPSA) is 51.1 Å². The quantitative estimate of drug-likeness (QED) is 0.400. The fourth-order valence-corrected chi connectivity index (χ4v) is 6.88. The minimum atomic E-state index is -0.344.